The second-order valence-corrected chi connectivity index (χ2v) is 7.01. The van der Waals surface area contributed by atoms with Gasteiger partial charge in [0, 0.05) is 0 Å². The van der Waals surface area contributed by atoms with Crippen LogP contribution in [0.3, 0.4) is 0 Å². The average molecular weight is 326 g/mol. The summed E-state index contributed by atoms with van der Waals surface area (Å²) in [5.74, 6) is 1.79. The van der Waals surface area contributed by atoms with Gasteiger partial charge >= 0.3 is 5.97 Å². The van der Waals surface area contributed by atoms with E-state index >= 15 is 0 Å². The maximum atomic E-state index is 12.3. The Morgan fingerprint density at radius 1 is 1.17 bits per heavy atom. The molecule has 1 saturated carbocycles. The summed E-state index contributed by atoms with van der Waals surface area (Å²) < 4.78 is 10.8. The fraction of sp³-hybridized carbons (Fsp3) is 0.476. The molecule has 0 aromatic heterocycles. The molecule has 0 heterocycles. The SMILES string of the molecule is C=C(C)C1CCC2=CC(OC(=O)c3ccc(OC)cc3)CCC2C1. The Morgan fingerprint density at radius 3 is 2.58 bits per heavy atom. The Kier molecular flexibility index (Phi) is 5.08. The monoisotopic (exact) mass is 326 g/mol. The lowest BCUT2D eigenvalue weighted by Crippen LogP contribution is -2.27. The zero-order chi connectivity index (χ0) is 17.1. The van der Waals surface area contributed by atoms with Gasteiger partial charge in [0.05, 0.1) is 12.7 Å². The van der Waals surface area contributed by atoms with E-state index in [0.717, 1.165) is 25.0 Å². The summed E-state index contributed by atoms with van der Waals surface area (Å²) in [6, 6.07) is 7.06. The maximum Gasteiger partial charge on any atom is 0.338 e. The number of hydrogen-bond donors (Lipinski definition) is 0. The molecule has 3 nitrogen and oxygen atoms in total. The number of carbonyl (C=O) groups excluding carboxylic acids is 1. The van der Waals surface area contributed by atoms with E-state index in [1.54, 1.807) is 31.4 Å². The molecule has 0 amide bonds. The van der Waals surface area contributed by atoms with Gasteiger partial charge in [-0.25, -0.2) is 4.79 Å². The van der Waals surface area contributed by atoms with Crippen molar-refractivity contribution in [2.75, 3.05) is 7.11 Å². The summed E-state index contributed by atoms with van der Waals surface area (Å²) in [6.45, 7) is 6.26. The van der Waals surface area contributed by atoms with Crippen LogP contribution in [0.15, 0.2) is 48.1 Å². The van der Waals surface area contributed by atoms with Crippen LogP contribution in [0.1, 0.15) is 49.4 Å². The predicted octanol–water partition coefficient (Wildman–Crippen LogP) is 4.93. The first-order valence-electron chi connectivity index (χ1n) is 8.78. The molecule has 0 N–H and O–H groups in total. The third kappa shape index (κ3) is 3.72. The van der Waals surface area contributed by atoms with Gasteiger partial charge in [-0.05, 0) is 81.2 Å². The van der Waals surface area contributed by atoms with Crippen LogP contribution in [0.5, 0.6) is 5.75 Å². The number of rotatable bonds is 4. The summed E-state index contributed by atoms with van der Waals surface area (Å²) in [5, 5.41) is 0. The first-order chi connectivity index (χ1) is 11.6. The van der Waals surface area contributed by atoms with Crippen LogP contribution in [0.25, 0.3) is 0 Å². The Labute approximate surface area is 144 Å². The van der Waals surface area contributed by atoms with Crippen LogP contribution >= 0.6 is 0 Å². The number of ether oxygens (including phenoxy) is 2. The molecule has 1 aromatic carbocycles. The number of methoxy groups -OCH3 is 1. The van der Waals surface area contributed by atoms with E-state index in [4.69, 9.17) is 9.47 Å². The van der Waals surface area contributed by atoms with Crippen molar-refractivity contribution in [3.05, 3.63) is 53.6 Å². The second-order valence-electron chi connectivity index (χ2n) is 7.01. The third-order valence-electron chi connectivity index (χ3n) is 5.36. The van der Waals surface area contributed by atoms with Gasteiger partial charge in [-0.1, -0.05) is 17.7 Å². The zero-order valence-corrected chi connectivity index (χ0v) is 14.6. The summed E-state index contributed by atoms with van der Waals surface area (Å²) in [7, 11) is 1.61. The maximum absolute atomic E-state index is 12.3. The number of carbonyl (C=O) groups is 1. The number of allylic oxidation sites excluding steroid dienone is 2. The van der Waals surface area contributed by atoms with Crippen LogP contribution in [-0.2, 0) is 4.74 Å². The van der Waals surface area contributed by atoms with Gasteiger partial charge in [0.15, 0.2) is 0 Å². The summed E-state index contributed by atoms with van der Waals surface area (Å²) in [4.78, 5) is 12.3. The van der Waals surface area contributed by atoms with Crippen LogP contribution < -0.4 is 4.74 Å². The molecule has 0 saturated heterocycles. The molecule has 2 aliphatic rings. The minimum Gasteiger partial charge on any atom is -0.497 e. The number of esters is 1. The lowest BCUT2D eigenvalue weighted by atomic mass is 9.71. The molecule has 3 unspecified atom stereocenters. The van der Waals surface area contributed by atoms with E-state index in [-0.39, 0.29) is 12.1 Å². The predicted molar refractivity (Wildman–Crippen MR) is 95.2 cm³/mol. The van der Waals surface area contributed by atoms with Crippen molar-refractivity contribution in [3.63, 3.8) is 0 Å². The van der Waals surface area contributed by atoms with Crippen molar-refractivity contribution in [2.45, 2.75) is 45.1 Å². The minimum atomic E-state index is -0.256. The van der Waals surface area contributed by atoms with Crippen molar-refractivity contribution >= 4 is 5.97 Å². The molecular weight excluding hydrogens is 300 g/mol. The van der Waals surface area contributed by atoms with Crippen molar-refractivity contribution in [1.29, 1.82) is 0 Å². The first kappa shape index (κ1) is 16.8. The Hall–Kier alpha value is -2.03. The molecule has 0 bridgehead atoms. The third-order valence-corrected chi connectivity index (χ3v) is 5.36. The number of fused-ring (bicyclic) bond motifs is 1. The highest BCUT2D eigenvalue weighted by Gasteiger charge is 2.31. The topological polar surface area (TPSA) is 35.5 Å². The average Bonchev–Trinajstić information content (AvgIpc) is 2.61. The molecule has 0 radical (unpaired) electrons. The molecule has 0 spiro atoms. The molecule has 3 atom stereocenters. The van der Waals surface area contributed by atoms with E-state index in [1.165, 1.54) is 24.0 Å². The second kappa shape index (κ2) is 7.25. The summed E-state index contributed by atoms with van der Waals surface area (Å²) in [6.07, 6.45) is 7.63. The van der Waals surface area contributed by atoms with Gasteiger partial charge in [0.25, 0.3) is 0 Å². The molecule has 24 heavy (non-hydrogen) atoms. The molecule has 2 aliphatic carbocycles. The molecular formula is C21H26O3. The Morgan fingerprint density at radius 2 is 1.92 bits per heavy atom. The van der Waals surface area contributed by atoms with E-state index in [1.807, 2.05) is 0 Å². The van der Waals surface area contributed by atoms with E-state index in [2.05, 4.69) is 19.6 Å². The van der Waals surface area contributed by atoms with Crippen LogP contribution in [-0.4, -0.2) is 19.2 Å². The normalized spacial score (nSPS) is 26.1. The molecule has 3 heteroatoms. The highest BCUT2D eigenvalue weighted by atomic mass is 16.5. The van der Waals surface area contributed by atoms with Crippen molar-refractivity contribution in [1.82, 2.24) is 0 Å². The number of benzene rings is 1. The van der Waals surface area contributed by atoms with Crippen LogP contribution in [0.2, 0.25) is 0 Å². The van der Waals surface area contributed by atoms with Gasteiger partial charge in [-0.2, -0.15) is 0 Å². The largest absolute Gasteiger partial charge is 0.497 e. The van der Waals surface area contributed by atoms with E-state index in [0.29, 0.717) is 17.4 Å². The van der Waals surface area contributed by atoms with Crippen molar-refractivity contribution in [3.8, 4) is 5.75 Å². The zero-order valence-electron chi connectivity index (χ0n) is 14.6. The van der Waals surface area contributed by atoms with Crippen molar-refractivity contribution < 1.29 is 14.3 Å². The smallest absolute Gasteiger partial charge is 0.338 e. The van der Waals surface area contributed by atoms with Gasteiger partial charge in [-0.15, -0.1) is 0 Å². The standard InChI is InChI=1S/C21H26O3/c1-14(2)16-4-5-18-13-20(11-8-17(18)12-16)24-21(22)15-6-9-19(23-3)10-7-15/h6-7,9-10,13,16-17,20H,1,4-5,8,11-12H2,2-3H3. The van der Waals surface area contributed by atoms with Gasteiger partial charge < -0.3 is 9.47 Å². The van der Waals surface area contributed by atoms with Gasteiger partial charge in [0.2, 0.25) is 0 Å². The highest BCUT2D eigenvalue weighted by Crippen LogP contribution is 2.42. The summed E-state index contributed by atoms with van der Waals surface area (Å²) >= 11 is 0. The van der Waals surface area contributed by atoms with Gasteiger partial charge in [0.1, 0.15) is 11.9 Å². The van der Waals surface area contributed by atoms with Crippen LogP contribution in [0, 0.1) is 11.8 Å². The first-order valence-corrected chi connectivity index (χ1v) is 8.78. The summed E-state index contributed by atoms with van der Waals surface area (Å²) in [5.41, 5.74) is 3.36. The minimum absolute atomic E-state index is 0.0905. The number of hydrogen-bond acceptors (Lipinski definition) is 3. The quantitative estimate of drug-likeness (QED) is 0.581. The van der Waals surface area contributed by atoms with E-state index in [9.17, 15) is 4.79 Å². The Balaban J connectivity index is 1.61. The van der Waals surface area contributed by atoms with Crippen LogP contribution in [0.4, 0.5) is 0 Å². The molecule has 1 aromatic rings. The molecule has 1 fully saturated rings. The van der Waals surface area contributed by atoms with Crippen molar-refractivity contribution in [2.24, 2.45) is 11.8 Å². The lowest BCUT2D eigenvalue weighted by molar-refractivity contribution is 0.0348. The van der Waals surface area contributed by atoms with Gasteiger partial charge in [-0.3, -0.25) is 0 Å². The fourth-order valence-corrected chi connectivity index (χ4v) is 3.84. The lowest BCUT2D eigenvalue weighted by Gasteiger charge is -2.36. The fourth-order valence-electron chi connectivity index (χ4n) is 3.84. The molecule has 128 valence electrons. The Bertz CT molecular complexity index is 642. The van der Waals surface area contributed by atoms with E-state index < -0.39 is 0 Å². The highest BCUT2D eigenvalue weighted by molar-refractivity contribution is 5.89. The molecule has 0 aliphatic heterocycles. The molecule has 3 rings (SSSR count).